The van der Waals surface area contributed by atoms with Crippen LogP contribution in [0.2, 0.25) is 0 Å². The molecule has 0 radical (unpaired) electrons. The maximum atomic E-state index is 14.0. The molecule has 0 spiro atoms. The molecular weight excluding hydrogens is 387 g/mol. The molecule has 0 aliphatic rings. The molecule has 4 aromatic rings. The van der Waals surface area contributed by atoms with E-state index in [4.69, 9.17) is 0 Å². The van der Waals surface area contributed by atoms with Crippen LogP contribution in [0.5, 0.6) is 0 Å². The topological polar surface area (TPSA) is 59.8 Å². The number of benzene rings is 2. The number of para-hydroxylation sites is 1. The lowest BCUT2D eigenvalue weighted by molar-refractivity contribution is 0.102. The number of aromatic nitrogens is 3. The second-order valence-electron chi connectivity index (χ2n) is 7.95. The van der Waals surface area contributed by atoms with E-state index in [2.05, 4.69) is 36.2 Å². The molecule has 0 unspecified atom stereocenters. The van der Waals surface area contributed by atoms with Gasteiger partial charge in [-0.3, -0.25) is 4.79 Å². The number of nitrogens with zero attached hydrogens (tertiary/aromatic N) is 3. The molecule has 0 bridgehead atoms. The third-order valence-electron chi connectivity index (χ3n) is 4.63. The third-order valence-corrected chi connectivity index (χ3v) is 5.62. The average molecular weight is 409 g/mol. The fourth-order valence-electron chi connectivity index (χ4n) is 3.04. The number of fused-ring (bicyclic) bond motifs is 1. The molecule has 5 nitrogen and oxygen atoms in total. The summed E-state index contributed by atoms with van der Waals surface area (Å²) in [4.78, 5) is 17.1. The van der Waals surface area contributed by atoms with Gasteiger partial charge in [-0.2, -0.15) is 9.78 Å². The Hall–Kier alpha value is -3.06. The van der Waals surface area contributed by atoms with E-state index < -0.39 is 0 Å². The number of amides is 1. The van der Waals surface area contributed by atoms with Gasteiger partial charge in [-0.05, 0) is 42.2 Å². The summed E-state index contributed by atoms with van der Waals surface area (Å²) in [6, 6.07) is 14.2. The lowest BCUT2D eigenvalue weighted by atomic mass is 9.87. The predicted molar refractivity (Wildman–Crippen MR) is 115 cm³/mol. The largest absolute Gasteiger partial charge is 0.306 e. The first kappa shape index (κ1) is 19.3. The molecule has 1 N–H and O–H groups in total. The van der Waals surface area contributed by atoms with Crippen LogP contribution in [0.25, 0.3) is 15.3 Å². The van der Waals surface area contributed by atoms with Crippen LogP contribution in [-0.2, 0) is 5.41 Å². The van der Waals surface area contributed by atoms with Crippen molar-refractivity contribution in [3.05, 3.63) is 71.2 Å². The number of carbonyl (C=O) groups excluding carboxylic acids is 1. The van der Waals surface area contributed by atoms with Gasteiger partial charge >= 0.3 is 0 Å². The molecule has 2 heterocycles. The highest BCUT2D eigenvalue weighted by Gasteiger charge is 2.18. The quantitative estimate of drug-likeness (QED) is 0.488. The zero-order valence-electron chi connectivity index (χ0n) is 16.7. The molecule has 0 saturated carbocycles. The number of aryl methyl sites for hydroxylation is 1. The summed E-state index contributed by atoms with van der Waals surface area (Å²) in [6.07, 6.45) is 0. The van der Waals surface area contributed by atoms with E-state index in [0.29, 0.717) is 22.0 Å². The third kappa shape index (κ3) is 3.78. The number of thiazole rings is 1. The zero-order valence-corrected chi connectivity index (χ0v) is 17.5. The van der Waals surface area contributed by atoms with E-state index in [-0.39, 0.29) is 17.1 Å². The van der Waals surface area contributed by atoms with Crippen molar-refractivity contribution in [2.75, 3.05) is 5.32 Å². The average Bonchev–Trinajstić information content (AvgIpc) is 3.25. The number of halogens is 1. The van der Waals surface area contributed by atoms with Gasteiger partial charge in [-0.1, -0.05) is 50.3 Å². The highest BCUT2D eigenvalue weighted by atomic mass is 32.1. The van der Waals surface area contributed by atoms with Crippen molar-refractivity contribution in [1.82, 2.24) is 14.8 Å². The molecular formula is C22H21FN4OS. The fraction of sp³-hybridized carbons (Fsp3) is 0.227. The molecule has 0 aliphatic heterocycles. The highest BCUT2D eigenvalue weighted by molar-refractivity contribution is 7.20. The van der Waals surface area contributed by atoms with Gasteiger partial charge in [0, 0.05) is 11.6 Å². The van der Waals surface area contributed by atoms with Crippen LogP contribution in [0.4, 0.5) is 10.2 Å². The molecule has 4 rings (SSSR count). The summed E-state index contributed by atoms with van der Waals surface area (Å²) in [5.74, 6) is -0.121. The summed E-state index contributed by atoms with van der Waals surface area (Å²) in [5, 5.41) is 7.82. The summed E-state index contributed by atoms with van der Waals surface area (Å²) in [7, 11) is 0. The van der Waals surface area contributed by atoms with Crippen LogP contribution in [0.15, 0.2) is 48.5 Å². The minimum absolute atomic E-state index is 0.0207. The zero-order chi connectivity index (χ0) is 20.8. The van der Waals surface area contributed by atoms with Crippen molar-refractivity contribution in [3.8, 4) is 5.13 Å². The Kier molecular flexibility index (Phi) is 4.70. The van der Waals surface area contributed by atoms with Gasteiger partial charge in [0.05, 0.1) is 10.4 Å². The van der Waals surface area contributed by atoms with Crippen molar-refractivity contribution >= 4 is 33.3 Å². The Morgan fingerprint density at radius 1 is 1.14 bits per heavy atom. The van der Waals surface area contributed by atoms with Gasteiger partial charge in [0.2, 0.25) is 5.13 Å². The molecule has 7 heteroatoms. The lowest BCUT2D eigenvalue weighted by Gasteiger charge is -2.19. The Bertz CT molecular complexity index is 1200. The van der Waals surface area contributed by atoms with Crippen molar-refractivity contribution in [2.24, 2.45) is 0 Å². The van der Waals surface area contributed by atoms with Crippen LogP contribution >= 0.6 is 11.3 Å². The van der Waals surface area contributed by atoms with Gasteiger partial charge in [0.25, 0.3) is 5.91 Å². The highest BCUT2D eigenvalue weighted by Crippen LogP contribution is 2.29. The van der Waals surface area contributed by atoms with Crippen LogP contribution in [0.3, 0.4) is 0 Å². The van der Waals surface area contributed by atoms with Crippen molar-refractivity contribution in [2.45, 2.75) is 33.1 Å². The van der Waals surface area contributed by atoms with E-state index in [9.17, 15) is 9.18 Å². The maximum absolute atomic E-state index is 14.0. The summed E-state index contributed by atoms with van der Waals surface area (Å²) >= 11 is 1.32. The molecule has 0 saturated heterocycles. The standard InChI is InChI=1S/C22H21FN4OS/c1-13-12-18(24-20(28)14-8-10-15(11-9-14)22(2,3)4)27(26-13)21-25-19-16(23)6-5-7-17(19)29-21/h5-12H,1-4H3,(H,24,28). The molecule has 0 aliphatic carbocycles. The summed E-state index contributed by atoms with van der Waals surface area (Å²) < 4.78 is 16.3. The molecule has 0 atom stereocenters. The van der Waals surface area contributed by atoms with E-state index >= 15 is 0 Å². The predicted octanol–water partition coefficient (Wildman–Crippen LogP) is 5.48. The van der Waals surface area contributed by atoms with Crippen molar-refractivity contribution < 1.29 is 9.18 Å². The smallest absolute Gasteiger partial charge is 0.256 e. The van der Waals surface area contributed by atoms with E-state index in [1.54, 1.807) is 16.8 Å². The van der Waals surface area contributed by atoms with E-state index in [1.165, 1.54) is 17.4 Å². The first-order valence-corrected chi connectivity index (χ1v) is 10.1. The number of hydrogen-bond donors (Lipinski definition) is 1. The number of rotatable bonds is 3. The Balaban J connectivity index is 1.64. The second kappa shape index (κ2) is 7.08. The Morgan fingerprint density at radius 2 is 1.86 bits per heavy atom. The molecule has 29 heavy (non-hydrogen) atoms. The number of hydrogen-bond acceptors (Lipinski definition) is 4. The minimum atomic E-state index is -0.376. The monoisotopic (exact) mass is 408 g/mol. The molecule has 0 fully saturated rings. The second-order valence-corrected chi connectivity index (χ2v) is 8.96. The van der Waals surface area contributed by atoms with Gasteiger partial charge in [0.15, 0.2) is 0 Å². The normalized spacial score (nSPS) is 11.8. The number of nitrogens with one attached hydrogen (secondary N) is 1. The molecule has 2 aromatic heterocycles. The molecule has 1 amide bonds. The first-order valence-electron chi connectivity index (χ1n) is 9.26. The van der Waals surface area contributed by atoms with Crippen LogP contribution in [-0.4, -0.2) is 20.7 Å². The van der Waals surface area contributed by atoms with Crippen LogP contribution in [0.1, 0.15) is 42.4 Å². The van der Waals surface area contributed by atoms with Gasteiger partial charge < -0.3 is 5.32 Å². The van der Waals surface area contributed by atoms with E-state index in [0.717, 1.165) is 16.0 Å². The molecule has 2 aromatic carbocycles. The molecule has 148 valence electrons. The maximum Gasteiger partial charge on any atom is 0.256 e. The fourth-order valence-corrected chi connectivity index (χ4v) is 3.98. The lowest BCUT2D eigenvalue weighted by Crippen LogP contribution is -2.16. The minimum Gasteiger partial charge on any atom is -0.306 e. The van der Waals surface area contributed by atoms with E-state index in [1.807, 2.05) is 37.3 Å². The van der Waals surface area contributed by atoms with Gasteiger partial charge in [0.1, 0.15) is 17.2 Å². The van der Waals surface area contributed by atoms with Gasteiger partial charge in [-0.15, -0.1) is 0 Å². The van der Waals surface area contributed by atoms with Crippen molar-refractivity contribution in [3.63, 3.8) is 0 Å². The van der Waals surface area contributed by atoms with Crippen LogP contribution in [0, 0.1) is 12.7 Å². The van der Waals surface area contributed by atoms with Crippen LogP contribution < -0.4 is 5.32 Å². The SMILES string of the molecule is Cc1cc(NC(=O)c2ccc(C(C)(C)C)cc2)n(-c2nc3c(F)cccc3s2)n1. The first-order chi connectivity index (χ1) is 13.7. The summed E-state index contributed by atoms with van der Waals surface area (Å²) in [5.41, 5.74) is 2.76. The Labute approximate surface area is 172 Å². The van der Waals surface area contributed by atoms with Crippen molar-refractivity contribution in [1.29, 1.82) is 0 Å². The number of carbonyl (C=O) groups is 1. The summed E-state index contributed by atoms with van der Waals surface area (Å²) in [6.45, 7) is 8.22. The Morgan fingerprint density at radius 3 is 2.52 bits per heavy atom. The van der Waals surface area contributed by atoms with Gasteiger partial charge in [-0.25, -0.2) is 9.37 Å². The number of anilines is 1.